The lowest BCUT2D eigenvalue weighted by atomic mass is 9.65. The summed E-state index contributed by atoms with van der Waals surface area (Å²) in [5.74, 6) is -0.121. The van der Waals surface area contributed by atoms with Crippen molar-refractivity contribution in [2.45, 2.75) is 52.6 Å². The van der Waals surface area contributed by atoms with Gasteiger partial charge in [0.1, 0.15) is 16.3 Å². The first-order chi connectivity index (χ1) is 13.7. The van der Waals surface area contributed by atoms with Gasteiger partial charge in [-0.2, -0.15) is 0 Å². The van der Waals surface area contributed by atoms with E-state index < -0.39 is 0 Å². The van der Waals surface area contributed by atoms with Crippen LogP contribution < -0.4 is 0 Å². The maximum Gasteiger partial charge on any atom is 0.270 e. The number of fused-ring (bicyclic) bond motifs is 3. The zero-order chi connectivity index (χ0) is 20.4. The lowest BCUT2D eigenvalue weighted by molar-refractivity contribution is 0.0698. The molecule has 29 heavy (non-hydrogen) atoms. The van der Waals surface area contributed by atoms with E-state index in [1.807, 2.05) is 17.5 Å². The molecule has 3 heterocycles. The minimum absolute atomic E-state index is 0.122. The van der Waals surface area contributed by atoms with Crippen LogP contribution in [-0.4, -0.2) is 28.0 Å². The standard InChI is InChI=1S/C24H27FN2OS/c1-23(2)11-19-12-24(3,14-23)15-27(19)21(28)20-10-17-7-8-29-22(17)26(20)13-16-5-4-6-18(25)9-16/h4-10,19H,11-15H2,1-3H3/t19-,24+/m0/s1. The number of carbonyl (C=O) groups is 1. The molecule has 1 saturated carbocycles. The number of thiophene rings is 1. The fourth-order valence-electron chi connectivity index (χ4n) is 5.97. The van der Waals surface area contributed by atoms with Gasteiger partial charge in [-0.3, -0.25) is 4.79 Å². The van der Waals surface area contributed by atoms with Gasteiger partial charge in [-0.1, -0.05) is 32.9 Å². The Balaban J connectivity index is 1.52. The van der Waals surface area contributed by atoms with Gasteiger partial charge in [0.25, 0.3) is 5.91 Å². The summed E-state index contributed by atoms with van der Waals surface area (Å²) in [6.07, 6.45) is 3.33. The Labute approximate surface area is 175 Å². The average Bonchev–Trinajstić information content (AvgIpc) is 3.26. The van der Waals surface area contributed by atoms with E-state index in [1.165, 1.54) is 12.5 Å². The summed E-state index contributed by atoms with van der Waals surface area (Å²) in [6.45, 7) is 8.32. The van der Waals surface area contributed by atoms with E-state index in [-0.39, 0.29) is 22.6 Å². The summed E-state index contributed by atoms with van der Waals surface area (Å²) < 4.78 is 15.8. The van der Waals surface area contributed by atoms with Gasteiger partial charge >= 0.3 is 0 Å². The third-order valence-corrected chi connectivity index (χ3v) is 7.58. The Morgan fingerprint density at radius 1 is 1.21 bits per heavy atom. The zero-order valence-corrected chi connectivity index (χ0v) is 18.1. The Bertz CT molecular complexity index is 1100. The van der Waals surface area contributed by atoms with E-state index in [4.69, 9.17) is 0 Å². The molecule has 152 valence electrons. The van der Waals surface area contributed by atoms with E-state index in [2.05, 4.69) is 36.3 Å². The molecule has 0 spiro atoms. The highest BCUT2D eigenvalue weighted by Gasteiger charge is 2.51. The second kappa shape index (κ2) is 6.43. The third-order valence-electron chi connectivity index (χ3n) is 6.63. The first-order valence-electron chi connectivity index (χ1n) is 10.4. The van der Waals surface area contributed by atoms with Crippen molar-refractivity contribution >= 4 is 27.5 Å². The summed E-state index contributed by atoms with van der Waals surface area (Å²) in [6, 6.07) is 11.1. The number of likely N-dealkylation sites (tertiary alicyclic amines) is 1. The predicted octanol–water partition coefficient (Wildman–Crippen LogP) is 5.93. The molecule has 1 amide bonds. The summed E-state index contributed by atoms with van der Waals surface area (Å²) >= 11 is 1.64. The van der Waals surface area contributed by atoms with Gasteiger partial charge in [0, 0.05) is 24.5 Å². The molecule has 1 aliphatic heterocycles. The highest BCUT2D eigenvalue weighted by molar-refractivity contribution is 7.16. The van der Waals surface area contributed by atoms with E-state index >= 15 is 0 Å². The molecule has 0 N–H and O–H groups in total. The number of carbonyl (C=O) groups excluding carboxylic acids is 1. The molecule has 0 radical (unpaired) electrons. The molecule has 3 aromatic rings. The molecule has 5 rings (SSSR count). The SMILES string of the molecule is CC1(C)C[C@H]2C[C@@](C)(CN2C(=O)c2cc3ccsc3n2Cc2cccc(F)c2)C1. The minimum Gasteiger partial charge on any atom is -0.334 e. The summed E-state index contributed by atoms with van der Waals surface area (Å²) in [5, 5.41) is 3.14. The maximum atomic E-state index is 13.7. The van der Waals surface area contributed by atoms with Gasteiger partial charge in [0.2, 0.25) is 0 Å². The molecular weight excluding hydrogens is 383 g/mol. The first-order valence-corrected chi connectivity index (χ1v) is 11.2. The largest absolute Gasteiger partial charge is 0.334 e. The van der Waals surface area contributed by atoms with Crippen molar-refractivity contribution in [3.05, 3.63) is 58.9 Å². The maximum absolute atomic E-state index is 13.7. The van der Waals surface area contributed by atoms with Crippen LogP contribution in [0.15, 0.2) is 41.8 Å². The van der Waals surface area contributed by atoms with E-state index in [0.29, 0.717) is 12.6 Å². The van der Waals surface area contributed by atoms with E-state index in [0.717, 1.165) is 40.9 Å². The molecule has 3 nitrogen and oxygen atoms in total. The molecule has 2 atom stereocenters. The molecule has 1 aromatic carbocycles. The molecule has 2 aliphatic rings. The van der Waals surface area contributed by atoms with Crippen molar-refractivity contribution in [2.75, 3.05) is 6.54 Å². The monoisotopic (exact) mass is 410 g/mol. The van der Waals surface area contributed by atoms with Crippen molar-refractivity contribution in [3.63, 3.8) is 0 Å². The Morgan fingerprint density at radius 2 is 2.03 bits per heavy atom. The molecular formula is C24H27FN2OS. The molecule has 5 heteroatoms. The van der Waals surface area contributed by atoms with Crippen molar-refractivity contribution in [1.82, 2.24) is 9.47 Å². The van der Waals surface area contributed by atoms with Crippen LogP contribution in [0.5, 0.6) is 0 Å². The van der Waals surface area contributed by atoms with Crippen molar-refractivity contribution < 1.29 is 9.18 Å². The van der Waals surface area contributed by atoms with Gasteiger partial charge in [0.05, 0.1) is 0 Å². The lowest BCUT2D eigenvalue weighted by Crippen LogP contribution is -2.38. The topological polar surface area (TPSA) is 25.2 Å². The van der Waals surface area contributed by atoms with Gasteiger partial charge in [-0.05, 0) is 65.3 Å². The normalized spacial score (nSPS) is 25.7. The number of nitrogens with zero attached hydrogens (tertiary/aromatic N) is 2. The second-order valence-electron chi connectivity index (χ2n) is 10.1. The fourth-order valence-corrected chi connectivity index (χ4v) is 6.87. The van der Waals surface area contributed by atoms with Gasteiger partial charge in [-0.25, -0.2) is 4.39 Å². The van der Waals surface area contributed by atoms with Crippen LogP contribution in [0, 0.1) is 16.6 Å². The molecule has 2 fully saturated rings. The van der Waals surface area contributed by atoms with Crippen molar-refractivity contribution in [3.8, 4) is 0 Å². The number of benzene rings is 1. The van der Waals surface area contributed by atoms with Crippen molar-refractivity contribution in [2.24, 2.45) is 10.8 Å². The number of halogens is 1. The quantitative estimate of drug-likeness (QED) is 0.525. The van der Waals surface area contributed by atoms with Crippen molar-refractivity contribution in [1.29, 1.82) is 0 Å². The molecule has 1 saturated heterocycles. The van der Waals surface area contributed by atoms with E-state index in [9.17, 15) is 9.18 Å². The van der Waals surface area contributed by atoms with Crippen LogP contribution in [0.4, 0.5) is 4.39 Å². The highest BCUT2D eigenvalue weighted by Crippen LogP contribution is 2.52. The van der Waals surface area contributed by atoms with Gasteiger partial charge < -0.3 is 9.47 Å². The Morgan fingerprint density at radius 3 is 2.83 bits per heavy atom. The Kier molecular flexibility index (Phi) is 4.18. The number of amides is 1. The van der Waals surface area contributed by atoms with Crippen LogP contribution in [0.2, 0.25) is 0 Å². The highest BCUT2D eigenvalue weighted by atomic mass is 32.1. The number of rotatable bonds is 3. The molecule has 1 aliphatic carbocycles. The third kappa shape index (κ3) is 3.29. The fraction of sp³-hybridized carbons (Fsp3) is 0.458. The molecule has 2 bridgehead atoms. The number of hydrogen-bond donors (Lipinski definition) is 0. The van der Waals surface area contributed by atoms with E-state index in [1.54, 1.807) is 23.5 Å². The predicted molar refractivity (Wildman–Crippen MR) is 116 cm³/mol. The average molecular weight is 411 g/mol. The second-order valence-corrected chi connectivity index (χ2v) is 11.0. The lowest BCUT2D eigenvalue weighted by Gasteiger charge is -2.39. The van der Waals surface area contributed by atoms with Gasteiger partial charge in [0.15, 0.2) is 0 Å². The first kappa shape index (κ1) is 18.9. The Hall–Kier alpha value is -2.14. The summed E-state index contributed by atoms with van der Waals surface area (Å²) in [4.78, 5) is 16.9. The summed E-state index contributed by atoms with van der Waals surface area (Å²) in [7, 11) is 0. The minimum atomic E-state index is -0.242. The number of aromatic nitrogens is 1. The molecule has 0 unspecified atom stereocenters. The zero-order valence-electron chi connectivity index (χ0n) is 17.2. The van der Waals surface area contributed by atoms with Crippen LogP contribution >= 0.6 is 11.3 Å². The van der Waals surface area contributed by atoms with Crippen LogP contribution in [0.3, 0.4) is 0 Å². The smallest absolute Gasteiger partial charge is 0.270 e. The van der Waals surface area contributed by atoms with Gasteiger partial charge in [-0.15, -0.1) is 11.3 Å². The van der Waals surface area contributed by atoms with Crippen LogP contribution in [0.25, 0.3) is 10.2 Å². The van der Waals surface area contributed by atoms with Crippen LogP contribution in [0.1, 0.15) is 56.1 Å². The number of hydrogen-bond acceptors (Lipinski definition) is 2. The van der Waals surface area contributed by atoms with Crippen LogP contribution in [-0.2, 0) is 6.54 Å². The summed E-state index contributed by atoms with van der Waals surface area (Å²) in [5.41, 5.74) is 2.08. The molecule has 2 aromatic heterocycles.